The zero-order valence-corrected chi connectivity index (χ0v) is 16.1. The maximum atomic E-state index is 14.7. The minimum Gasteiger partial charge on any atom is -0.486 e. The van der Waals surface area contributed by atoms with Crippen LogP contribution in [-0.2, 0) is 22.3 Å². The molecule has 3 rings (SSSR count). The van der Waals surface area contributed by atoms with Crippen LogP contribution in [-0.4, -0.2) is 18.3 Å². The summed E-state index contributed by atoms with van der Waals surface area (Å²) >= 11 is 0. The van der Waals surface area contributed by atoms with Crippen molar-refractivity contribution in [3.05, 3.63) is 59.4 Å². The number of rotatable bonds is 5. The summed E-state index contributed by atoms with van der Waals surface area (Å²) in [6.07, 6.45) is 0.737. The first-order valence-corrected chi connectivity index (χ1v) is 9.08. The quantitative estimate of drug-likeness (QED) is 0.749. The number of hydrogen-bond donors (Lipinski definition) is 0. The normalized spacial score (nSPS) is 18.2. The molecule has 0 aliphatic carbocycles. The monoisotopic (exact) mass is 356 g/mol. The fraction of sp³-hybridized carbons (Fsp3) is 0.429. The first-order chi connectivity index (χ1) is 12.2. The zero-order valence-electron chi connectivity index (χ0n) is 16.1. The Morgan fingerprint density at radius 3 is 2.19 bits per heavy atom. The molecule has 0 N–H and O–H groups in total. The Morgan fingerprint density at radius 1 is 1.00 bits per heavy atom. The molecule has 2 aromatic carbocycles. The number of halogens is 1. The Labute approximate surface area is 155 Å². The predicted molar refractivity (Wildman–Crippen MR) is 102 cm³/mol. The first-order valence-electron chi connectivity index (χ1n) is 9.08. The highest BCUT2D eigenvalue weighted by Gasteiger charge is 2.52. The largest absolute Gasteiger partial charge is 0.495 e. The lowest BCUT2D eigenvalue weighted by molar-refractivity contribution is 0.00578. The summed E-state index contributed by atoms with van der Waals surface area (Å²) in [5, 5.41) is 0. The van der Waals surface area contributed by atoms with E-state index in [4.69, 9.17) is 14.0 Å². The van der Waals surface area contributed by atoms with Gasteiger partial charge in [0.2, 0.25) is 0 Å². The van der Waals surface area contributed by atoms with Crippen LogP contribution in [0.5, 0.6) is 5.75 Å². The van der Waals surface area contributed by atoms with Gasteiger partial charge in [-0.05, 0) is 62.8 Å². The Bertz CT molecular complexity index is 758. The maximum absolute atomic E-state index is 14.7. The second kappa shape index (κ2) is 7.05. The highest BCUT2D eigenvalue weighted by molar-refractivity contribution is 6.62. The van der Waals surface area contributed by atoms with Crippen molar-refractivity contribution in [1.82, 2.24) is 0 Å². The third-order valence-electron chi connectivity index (χ3n) is 5.32. The SMILES string of the molecule is CCc1cc(OCc2ccccc2)c(F)cc1B1OC(C)(C)C(C)(C)O1. The third-order valence-corrected chi connectivity index (χ3v) is 5.32. The van der Waals surface area contributed by atoms with Crippen molar-refractivity contribution in [2.24, 2.45) is 0 Å². The lowest BCUT2D eigenvalue weighted by Crippen LogP contribution is -2.41. The molecule has 0 saturated carbocycles. The van der Waals surface area contributed by atoms with Crippen LogP contribution in [0.25, 0.3) is 0 Å². The molecular weight excluding hydrogens is 330 g/mol. The highest BCUT2D eigenvalue weighted by Crippen LogP contribution is 2.37. The van der Waals surface area contributed by atoms with E-state index < -0.39 is 24.1 Å². The van der Waals surface area contributed by atoms with Gasteiger partial charge in [-0.25, -0.2) is 4.39 Å². The van der Waals surface area contributed by atoms with E-state index in [9.17, 15) is 4.39 Å². The average Bonchev–Trinajstić information content (AvgIpc) is 2.82. The molecule has 0 unspecified atom stereocenters. The second-order valence-electron chi connectivity index (χ2n) is 7.70. The van der Waals surface area contributed by atoms with Gasteiger partial charge in [0.15, 0.2) is 11.6 Å². The molecule has 0 atom stereocenters. The molecule has 1 heterocycles. The molecule has 2 aromatic rings. The molecule has 0 bridgehead atoms. The lowest BCUT2D eigenvalue weighted by Gasteiger charge is -2.32. The molecule has 0 spiro atoms. The fourth-order valence-corrected chi connectivity index (χ4v) is 2.95. The van der Waals surface area contributed by atoms with Gasteiger partial charge in [-0.3, -0.25) is 0 Å². The Morgan fingerprint density at radius 2 is 1.62 bits per heavy atom. The van der Waals surface area contributed by atoms with Crippen molar-refractivity contribution >= 4 is 12.6 Å². The van der Waals surface area contributed by atoms with E-state index in [0.29, 0.717) is 6.61 Å². The van der Waals surface area contributed by atoms with Crippen LogP contribution < -0.4 is 10.2 Å². The minimum atomic E-state index is -0.576. The summed E-state index contributed by atoms with van der Waals surface area (Å²) in [6, 6.07) is 13.0. The van der Waals surface area contributed by atoms with E-state index in [1.165, 1.54) is 6.07 Å². The molecule has 0 aromatic heterocycles. The lowest BCUT2D eigenvalue weighted by atomic mass is 9.75. The maximum Gasteiger partial charge on any atom is 0.495 e. The van der Waals surface area contributed by atoms with Gasteiger partial charge < -0.3 is 14.0 Å². The minimum absolute atomic E-state index is 0.256. The Kier molecular flexibility index (Phi) is 5.13. The molecule has 1 aliphatic rings. The van der Waals surface area contributed by atoms with E-state index in [1.807, 2.05) is 65.0 Å². The van der Waals surface area contributed by atoms with Gasteiger partial charge in [0.25, 0.3) is 0 Å². The van der Waals surface area contributed by atoms with Crippen LogP contribution in [0.4, 0.5) is 4.39 Å². The van der Waals surface area contributed by atoms with Crippen molar-refractivity contribution in [3.8, 4) is 5.75 Å². The zero-order chi connectivity index (χ0) is 18.9. The van der Waals surface area contributed by atoms with Gasteiger partial charge in [-0.2, -0.15) is 0 Å². The van der Waals surface area contributed by atoms with Gasteiger partial charge in [0, 0.05) is 0 Å². The van der Waals surface area contributed by atoms with E-state index in [0.717, 1.165) is 23.0 Å². The van der Waals surface area contributed by atoms with Gasteiger partial charge in [-0.15, -0.1) is 0 Å². The Balaban J connectivity index is 1.84. The highest BCUT2D eigenvalue weighted by atomic mass is 19.1. The van der Waals surface area contributed by atoms with Crippen LogP contribution in [0, 0.1) is 5.82 Å². The van der Waals surface area contributed by atoms with E-state index in [1.54, 1.807) is 6.07 Å². The van der Waals surface area contributed by atoms with Crippen molar-refractivity contribution < 1.29 is 18.4 Å². The average molecular weight is 356 g/mol. The predicted octanol–water partition coefficient (Wildman–Crippen LogP) is 4.27. The first kappa shape index (κ1) is 18.9. The molecule has 26 heavy (non-hydrogen) atoms. The number of aryl methyl sites for hydroxylation is 1. The fourth-order valence-electron chi connectivity index (χ4n) is 2.95. The van der Waals surface area contributed by atoms with Gasteiger partial charge >= 0.3 is 7.12 Å². The van der Waals surface area contributed by atoms with E-state index in [-0.39, 0.29) is 5.75 Å². The van der Waals surface area contributed by atoms with Crippen molar-refractivity contribution in [3.63, 3.8) is 0 Å². The third kappa shape index (κ3) is 3.65. The van der Waals surface area contributed by atoms with Crippen molar-refractivity contribution in [1.29, 1.82) is 0 Å². The number of ether oxygens (including phenoxy) is 1. The van der Waals surface area contributed by atoms with Gasteiger partial charge in [0.1, 0.15) is 6.61 Å². The van der Waals surface area contributed by atoms with E-state index >= 15 is 0 Å². The van der Waals surface area contributed by atoms with Crippen LogP contribution in [0.15, 0.2) is 42.5 Å². The van der Waals surface area contributed by atoms with Crippen LogP contribution in [0.2, 0.25) is 0 Å². The molecule has 3 nitrogen and oxygen atoms in total. The summed E-state index contributed by atoms with van der Waals surface area (Å²) in [7, 11) is -0.576. The molecule has 1 fully saturated rings. The summed E-state index contributed by atoms with van der Waals surface area (Å²) in [5.74, 6) is -0.145. The molecule has 0 amide bonds. The van der Waals surface area contributed by atoms with E-state index in [2.05, 4.69) is 0 Å². The molecular formula is C21H26BFO3. The molecule has 0 radical (unpaired) electrons. The van der Waals surface area contributed by atoms with Crippen LogP contribution >= 0.6 is 0 Å². The Hall–Kier alpha value is -1.85. The molecule has 5 heteroatoms. The topological polar surface area (TPSA) is 27.7 Å². The summed E-state index contributed by atoms with van der Waals surface area (Å²) in [5.41, 5.74) is 1.78. The molecule has 1 saturated heterocycles. The molecule has 1 aliphatic heterocycles. The number of benzene rings is 2. The summed E-state index contributed by atoms with van der Waals surface area (Å²) in [6.45, 7) is 10.3. The van der Waals surface area contributed by atoms with Gasteiger partial charge in [0.05, 0.1) is 11.2 Å². The summed E-state index contributed by atoms with van der Waals surface area (Å²) in [4.78, 5) is 0. The van der Waals surface area contributed by atoms with Crippen molar-refractivity contribution in [2.45, 2.75) is 58.8 Å². The van der Waals surface area contributed by atoms with Crippen molar-refractivity contribution in [2.75, 3.05) is 0 Å². The van der Waals surface area contributed by atoms with Crippen LogP contribution in [0.1, 0.15) is 45.7 Å². The summed E-state index contributed by atoms with van der Waals surface area (Å²) < 4.78 is 32.6. The standard InChI is InChI=1S/C21H26BFO3/c1-6-16-12-19(24-14-15-10-8-7-9-11-15)18(23)13-17(16)22-25-20(2,3)21(4,5)26-22/h7-13H,6,14H2,1-5H3. The smallest absolute Gasteiger partial charge is 0.486 e. The number of hydrogen-bond acceptors (Lipinski definition) is 3. The molecule has 138 valence electrons. The van der Waals surface area contributed by atoms with Gasteiger partial charge in [-0.1, -0.05) is 37.3 Å². The second-order valence-corrected chi connectivity index (χ2v) is 7.70. The van der Waals surface area contributed by atoms with Crippen LogP contribution in [0.3, 0.4) is 0 Å².